The number of ether oxygens (including phenoxy) is 1. The smallest absolute Gasteiger partial charge is 0.435 e. The van der Waals surface area contributed by atoms with E-state index in [9.17, 15) is 39.6 Å². The highest BCUT2D eigenvalue weighted by atomic mass is 32.2. The molecule has 3 saturated carbocycles. The highest BCUT2D eigenvalue weighted by Crippen LogP contribution is 2.60. The number of alkyl halides is 7. The number of aryl methyl sites for hydroxylation is 1. The van der Waals surface area contributed by atoms with Crippen molar-refractivity contribution in [1.82, 2.24) is 4.90 Å². The summed E-state index contributed by atoms with van der Waals surface area (Å²) < 4.78 is 129. The minimum absolute atomic E-state index is 0.00366. The average molecular weight is 648 g/mol. The van der Waals surface area contributed by atoms with Crippen molar-refractivity contribution in [1.29, 1.82) is 0 Å². The van der Waals surface area contributed by atoms with Crippen LogP contribution in [0, 0.1) is 17.8 Å². The number of amides is 1. The molecule has 2 unspecified atom stereocenters. The van der Waals surface area contributed by atoms with Crippen molar-refractivity contribution in [2.75, 3.05) is 13.2 Å². The van der Waals surface area contributed by atoms with Crippen LogP contribution in [0.25, 0.3) is 0 Å². The first-order chi connectivity index (χ1) is 20.3. The zero-order valence-electron chi connectivity index (χ0n) is 24.1. The van der Waals surface area contributed by atoms with Crippen molar-refractivity contribution >= 4 is 15.7 Å². The van der Waals surface area contributed by atoms with E-state index >= 15 is 4.39 Å². The Morgan fingerprint density at radius 3 is 1.98 bits per heavy atom. The topological polar surface area (TPSA) is 63.7 Å². The fourth-order valence-corrected chi connectivity index (χ4v) is 10.2. The summed E-state index contributed by atoms with van der Waals surface area (Å²) in [5, 5.41) is 0. The van der Waals surface area contributed by atoms with Gasteiger partial charge in [0.15, 0.2) is 9.84 Å². The molecule has 3 aliphatic carbocycles. The minimum Gasteiger partial charge on any atom is -0.491 e. The molecule has 1 saturated heterocycles. The Balaban J connectivity index is 1.49. The van der Waals surface area contributed by atoms with Gasteiger partial charge in [0.05, 0.1) is 10.9 Å². The summed E-state index contributed by atoms with van der Waals surface area (Å²) in [6.45, 7) is 3.44. The van der Waals surface area contributed by atoms with Gasteiger partial charge in [0.1, 0.15) is 17.1 Å². The molecule has 2 aliphatic heterocycles. The SMILES string of the molecule is Cc1ccc(S(=O)(=O)C23CCN(C(=O)C45CCC(C)(CC4)CC5)C2COc2cc(C(F)(C(F)(F)F)C(F)(F)F)ccc23)cc1. The molecule has 2 atom stereocenters. The fourth-order valence-electron chi connectivity index (χ4n) is 7.89. The number of carbonyl (C=O) groups is 1. The van der Waals surface area contributed by atoms with Crippen LogP contribution in [-0.4, -0.2) is 50.8 Å². The second kappa shape index (κ2) is 9.59. The van der Waals surface area contributed by atoms with Crippen molar-refractivity contribution in [2.45, 2.75) is 92.5 Å². The van der Waals surface area contributed by atoms with E-state index in [4.69, 9.17) is 4.74 Å². The van der Waals surface area contributed by atoms with E-state index in [-0.39, 0.29) is 34.7 Å². The van der Waals surface area contributed by atoms with Crippen molar-refractivity contribution in [2.24, 2.45) is 10.8 Å². The number of carbonyl (C=O) groups excluding carboxylic acids is 1. The molecule has 0 aromatic heterocycles. The van der Waals surface area contributed by atoms with Crippen LogP contribution in [0.3, 0.4) is 0 Å². The van der Waals surface area contributed by atoms with Crippen LogP contribution in [0.4, 0.5) is 30.7 Å². The fraction of sp³-hybridized carbons (Fsp3) is 0.581. The molecular weight excluding hydrogens is 615 g/mol. The monoisotopic (exact) mass is 647 g/mol. The molecule has 2 heterocycles. The molecule has 0 spiro atoms. The normalized spacial score (nSPS) is 30.5. The Hall–Kier alpha value is -2.83. The van der Waals surface area contributed by atoms with Crippen LogP contribution < -0.4 is 4.74 Å². The lowest BCUT2D eigenvalue weighted by Gasteiger charge is -2.53. The maximum Gasteiger partial charge on any atom is 0.435 e. The Labute approximate surface area is 250 Å². The number of nitrogens with zero attached hydrogens (tertiary/aromatic N) is 1. The molecule has 2 aromatic rings. The first-order valence-electron chi connectivity index (χ1n) is 14.5. The van der Waals surface area contributed by atoms with Crippen LogP contribution in [0.2, 0.25) is 0 Å². The standard InChI is InChI=1S/C31H32F7NO4S/c1-19-3-6-21(7-4-19)44(41,42)28-15-16-39(25(40)27-12-9-26(2,10-13-27)11-14-27)24(28)18-43-23-17-20(5-8-22(23)28)29(32,30(33,34)35)31(36,37)38/h3-8,17,24H,9-16,18H2,1-2H3. The number of likely N-dealkylation sites (tertiary alicyclic amines) is 1. The number of benzene rings is 2. The van der Waals surface area contributed by atoms with E-state index in [1.165, 1.54) is 17.0 Å². The van der Waals surface area contributed by atoms with E-state index in [0.29, 0.717) is 31.4 Å². The predicted octanol–water partition coefficient (Wildman–Crippen LogP) is 7.31. The Morgan fingerprint density at radius 2 is 1.43 bits per heavy atom. The first-order valence-corrected chi connectivity index (χ1v) is 16.0. The Kier molecular flexibility index (Phi) is 6.79. The number of halogens is 7. The van der Waals surface area contributed by atoms with Gasteiger partial charge in [-0.3, -0.25) is 4.79 Å². The van der Waals surface area contributed by atoms with Crippen LogP contribution >= 0.6 is 0 Å². The number of sulfone groups is 1. The minimum atomic E-state index is -6.35. The molecule has 240 valence electrons. The van der Waals surface area contributed by atoms with Crippen LogP contribution in [-0.2, 0) is 25.0 Å². The van der Waals surface area contributed by atoms with Gasteiger partial charge in [-0.2, -0.15) is 26.3 Å². The van der Waals surface area contributed by atoms with Gasteiger partial charge < -0.3 is 9.64 Å². The molecule has 1 amide bonds. The molecule has 0 radical (unpaired) electrons. The van der Waals surface area contributed by atoms with Gasteiger partial charge in [0.25, 0.3) is 0 Å². The summed E-state index contributed by atoms with van der Waals surface area (Å²) in [4.78, 5) is 15.7. The van der Waals surface area contributed by atoms with Crippen molar-refractivity contribution in [3.8, 4) is 5.75 Å². The highest BCUT2D eigenvalue weighted by molar-refractivity contribution is 7.92. The first kappa shape index (κ1) is 31.2. The quantitative estimate of drug-likeness (QED) is 0.327. The van der Waals surface area contributed by atoms with Gasteiger partial charge in [-0.15, -0.1) is 0 Å². The van der Waals surface area contributed by atoms with Gasteiger partial charge in [-0.25, -0.2) is 12.8 Å². The predicted molar refractivity (Wildman–Crippen MR) is 145 cm³/mol. The molecule has 5 nitrogen and oxygen atoms in total. The second-order valence-electron chi connectivity index (χ2n) is 13.2. The summed E-state index contributed by atoms with van der Waals surface area (Å²) in [5.74, 6) is -0.797. The lowest BCUT2D eigenvalue weighted by molar-refractivity contribution is -0.348. The molecule has 2 bridgehead atoms. The van der Waals surface area contributed by atoms with Gasteiger partial charge >= 0.3 is 18.0 Å². The molecule has 13 heteroatoms. The van der Waals surface area contributed by atoms with E-state index in [2.05, 4.69) is 6.92 Å². The van der Waals surface area contributed by atoms with Gasteiger partial charge in [-0.05, 0) is 75.5 Å². The molecular formula is C31H32F7NO4S. The van der Waals surface area contributed by atoms with Gasteiger partial charge in [0, 0.05) is 23.1 Å². The largest absolute Gasteiger partial charge is 0.491 e. The summed E-state index contributed by atoms with van der Waals surface area (Å²) >= 11 is 0. The third-order valence-electron chi connectivity index (χ3n) is 10.8. The lowest BCUT2D eigenvalue weighted by Crippen LogP contribution is -2.58. The van der Waals surface area contributed by atoms with Crippen molar-refractivity contribution in [3.05, 3.63) is 59.2 Å². The van der Waals surface area contributed by atoms with Crippen molar-refractivity contribution < 1.29 is 48.7 Å². The molecule has 4 fully saturated rings. The van der Waals surface area contributed by atoms with E-state index < -0.39 is 62.0 Å². The van der Waals surface area contributed by atoms with Gasteiger partial charge in [-0.1, -0.05) is 36.8 Å². The van der Waals surface area contributed by atoms with Crippen LogP contribution in [0.1, 0.15) is 68.6 Å². The average Bonchev–Trinajstić information content (AvgIpc) is 3.37. The molecule has 5 aliphatic rings. The zero-order valence-corrected chi connectivity index (χ0v) is 24.9. The number of hydrogen-bond donors (Lipinski definition) is 0. The number of hydrogen-bond acceptors (Lipinski definition) is 4. The summed E-state index contributed by atoms with van der Waals surface area (Å²) in [7, 11) is -4.43. The summed E-state index contributed by atoms with van der Waals surface area (Å²) in [6.07, 6.45) is -8.35. The van der Waals surface area contributed by atoms with Gasteiger partial charge in [0.2, 0.25) is 5.91 Å². The lowest BCUT2D eigenvalue weighted by atomic mass is 9.54. The Bertz CT molecular complexity index is 1560. The van der Waals surface area contributed by atoms with Crippen LogP contribution in [0.5, 0.6) is 5.75 Å². The summed E-state index contributed by atoms with van der Waals surface area (Å²) in [5.41, 5.74) is -7.43. The van der Waals surface area contributed by atoms with E-state index in [1.54, 1.807) is 19.1 Å². The molecule has 7 rings (SSSR count). The third kappa shape index (κ3) is 4.16. The maximum absolute atomic E-state index is 15.0. The molecule has 0 N–H and O–H groups in total. The Morgan fingerprint density at radius 1 is 0.864 bits per heavy atom. The number of fused-ring (bicyclic) bond motifs is 6. The molecule has 2 aromatic carbocycles. The van der Waals surface area contributed by atoms with Crippen LogP contribution in [0.15, 0.2) is 47.4 Å². The zero-order chi connectivity index (χ0) is 32.1. The molecule has 44 heavy (non-hydrogen) atoms. The third-order valence-corrected chi connectivity index (χ3v) is 13.3. The highest BCUT2D eigenvalue weighted by Gasteiger charge is 2.74. The van der Waals surface area contributed by atoms with Crippen molar-refractivity contribution in [3.63, 3.8) is 0 Å². The number of rotatable bonds is 4. The van der Waals surface area contributed by atoms with E-state index in [1.807, 2.05) is 0 Å². The maximum atomic E-state index is 15.0. The van der Waals surface area contributed by atoms with E-state index in [0.717, 1.165) is 30.9 Å². The second-order valence-corrected chi connectivity index (χ2v) is 15.4. The summed E-state index contributed by atoms with van der Waals surface area (Å²) in [6, 6.07) is 6.21.